The van der Waals surface area contributed by atoms with Crippen LogP contribution in [0.15, 0.2) is 12.2 Å². The van der Waals surface area contributed by atoms with Crippen molar-refractivity contribution in [3.8, 4) is 0 Å². The zero-order chi connectivity index (χ0) is 6.53. The zero-order valence-electron chi connectivity index (χ0n) is 5.84. The average Bonchev–Trinajstić information content (AvgIpc) is 1.91. The number of nitrogens with two attached hydrogens (primary N) is 1. The van der Waals surface area contributed by atoms with Gasteiger partial charge in [-0.15, -0.1) is 0 Å². The molecule has 52 valence electrons. The Kier molecular flexibility index (Phi) is 2.78. The topological polar surface area (TPSA) is 26.0 Å². The zero-order valence-corrected chi connectivity index (χ0v) is 5.84. The van der Waals surface area contributed by atoms with E-state index in [0.717, 1.165) is 12.5 Å². The number of rotatable bonds is 2. The maximum atomic E-state index is 5.43. The van der Waals surface area contributed by atoms with Crippen LogP contribution in [-0.4, -0.2) is 6.54 Å². The first-order valence-electron chi connectivity index (χ1n) is 3.80. The van der Waals surface area contributed by atoms with Gasteiger partial charge in [0.15, 0.2) is 0 Å². The van der Waals surface area contributed by atoms with Crippen LogP contribution in [-0.2, 0) is 0 Å². The van der Waals surface area contributed by atoms with Crippen LogP contribution in [0.4, 0.5) is 0 Å². The molecule has 1 atom stereocenters. The molecular weight excluding hydrogens is 110 g/mol. The normalized spacial score (nSPS) is 26.6. The molecule has 0 amide bonds. The van der Waals surface area contributed by atoms with E-state index in [4.69, 9.17) is 5.73 Å². The summed E-state index contributed by atoms with van der Waals surface area (Å²) in [5.41, 5.74) is 5.43. The van der Waals surface area contributed by atoms with E-state index in [2.05, 4.69) is 12.2 Å². The van der Waals surface area contributed by atoms with E-state index in [0.29, 0.717) is 0 Å². The van der Waals surface area contributed by atoms with Crippen molar-refractivity contribution in [1.29, 1.82) is 0 Å². The summed E-state index contributed by atoms with van der Waals surface area (Å²) >= 11 is 0. The molecule has 0 saturated heterocycles. The van der Waals surface area contributed by atoms with Gasteiger partial charge in [0.2, 0.25) is 0 Å². The van der Waals surface area contributed by atoms with Gasteiger partial charge in [-0.1, -0.05) is 12.2 Å². The largest absolute Gasteiger partial charge is 0.330 e. The molecule has 0 spiro atoms. The molecule has 0 saturated carbocycles. The maximum absolute atomic E-state index is 5.43. The van der Waals surface area contributed by atoms with E-state index in [1.165, 1.54) is 25.7 Å². The van der Waals surface area contributed by atoms with Gasteiger partial charge in [0.05, 0.1) is 0 Å². The molecule has 1 aliphatic rings. The third-order valence-corrected chi connectivity index (χ3v) is 1.89. The molecule has 1 rings (SSSR count). The summed E-state index contributed by atoms with van der Waals surface area (Å²) in [6, 6.07) is 0. The van der Waals surface area contributed by atoms with Gasteiger partial charge in [0.25, 0.3) is 0 Å². The van der Waals surface area contributed by atoms with Gasteiger partial charge >= 0.3 is 0 Å². The minimum absolute atomic E-state index is 0.795. The minimum atomic E-state index is 0.795. The lowest BCUT2D eigenvalue weighted by molar-refractivity contribution is 0.512. The second-order valence-electron chi connectivity index (χ2n) is 2.70. The maximum Gasteiger partial charge on any atom is -0.00717 e. The van der Waals surface area contributed by atoms with Gasteiger partial charge < -0.3 is 5.73 Å². The summed E-state index contributed by atoms with van der Waals surface area (Å²) < 4.78 is 0. The molecular formula is C8H15N. The summed E-state index contributed by atoms with van der Waals surface area (Å²) in [6.45, 7) is 0.842. The monoisotopic (exact) mass is 125 g/mol. The van der Waals surface area contributed by atoms with Crippen LogP contribution >= 0.6 is 0 Å². The molecule has 0 aromatic carbocycles. The summed E-state index contributed by atoms with van der Waals surface area (Å²) in [5.74, 6) is 0.795. The quantitative estimate of drug-likeness (QED) is 0.558. The van der Waals surface area contributed by atoms with Crippen LogP contribution < -0.4 is 5.73 Å². The smallest absolute Gasteiger partial charge is 0.00717 e. The Morgan fingerprint density at radius 2 is 2.44 bits per heavy atom. The van der Waals surface area contributed by atoms with Crippen LogP contribution in [0, 0.1) is 5.92 Å². The third-order valence-electron chi connectivity index (χ3n) is 1.89. The molecule has 0 radical (unpaired) electrons. The van der Waals surface area contributed by atoms with Gasteiger partial charge in [-0.25, -0.2) is 0 Å². The van der Waals surface area contributed by atoms with Gasteiger partial charge in [0.1, 0.15) is 0 Å². The lowest BCUT2D eigenvalue weighted by Gasteiger charge is -2.14. The molecule has 0 aliphatic heterocycles. The van der Waals surface area contributed by atoms with Crippen molar-refractivity contribution in [2.45, 2.75) is 25.7 Å². The van der Waals surface area contributed by atoms with Crippen molar-refractivity contribution in [2.75, 3.05) is 6.54 Å². The van der Waals surface area contributed by atoms with Crippen molar-refractivity contribution in [1.82, 2.24) is 0 Å². The van der Waals surface area contributed by atoms with Crippen molar-refractivity contribution in [3.63, 3.8) is 0 Å². The summed E-state index contributed by atoms with van der Waals surface area (Å²) in [6.07, 6.45) is 9.77. The first-order valence-corrected chi connectivity index (χ1v) is 3.80. The predicted molar refractivity (Wildman–Crippen MR) is 40.2 cm³/mol. The van der Waals surface area contributed by atoms with Crippen LogP contribution in [0.1, 0.15) is 25.7 Å². The first-order chi connectivity index (χ1) is 4.43. The van der Waals surface area contributed by atoms with Crippen LogP contribution in [0.3, 0.4) is 0 Å². The van der Waals surface area contributed by atoms with E-state index in [1.54, 1.807) is 0 Å². The summed E-state index contributed by atoms with van der Waals surface area (Å²) in [7, 11) is 0. The highest BCUT2D eigenvalue weighted by Gasteiger charge is 2.05. The fourth-order valence-corrected chi connectivity index (χ4v) is 1.34. The molecule has 1 unspecified atom stereocenters. The van der Waals surface area contributed by atoms with Crippen LogP contribution in [0.2, 0.25) is 0 Å². The Hall–Kier alpha value is -0.300. The number of allylic oxidation sites excluding steroid dienone is 2. The van der Waals surface area contributed by atoms with Crippen LogP contribution in [0.5, 0.6) is 0 Å². The molecule has 0 aromatic rings. The summed E-state index contributed by atoms with van der Waals surface area (Å²) in [5, 5.41) is 0. The van der Waals surface area contributed by atoms with E-state index < -0.39 is 0 Å². The SMILES string of the molecule is NCCC1C=CCCC1. The highest BCUT2D eigenvalue weighted by Crippen LogP contribution is 2.18. The van der Waals surface area contributed by atoms with Gasteiger partial charge in [-0.05, 0) is 38.1 Å². The van der Waals surface area contributed by atoms with E-state index in [-0.39, 0.29) is 0 Å². The third kappa shape index (κ3) is 2.19. The fourth-order valence-electron chi connectivity index (χ4n) is 1.34. The fraction of sp³-hybridized carbons (Fsp3) is 0.750. The Bertz CT molecular complexity index is 96.7. The van der Waals surface area contributed by atoms with Gasteiger partial charge in [-0.2, -0.15) is 0 Å². The average molecular weight is 125 g/mol. The standard InChI is InChI=1S/C8H15N/c9-7-6-8-4-2-1-3-5-8/h2,4,8H,1,3,5-7,9H2. The van der Waals surface area contributed by atoms with E-state index in [9.17, 15) is 0 Å². The molecule has 0 heterocycles. The van der Waals surface area contributed by atoms with Crippen molar-refractivity contribution >= 4 is 0 Å². The Morgan fingerprint density at radius 1 is 1.56 bits per heavy atom. The molecule has 0 aromatic heterocycles. The highest BCUT2D eigenvalue weighted by atomic mass is 14.5. The Balaban J connectivity index is 2.23. The predicted octanol–water partition coefficient (Wildman–Crippen LogP) is 1.69. The molecule has 1 nitrogen and oxygen atoms in total. The summed E-state index contributed by atoms with van der Waals surface area (Å²) in [4.78, 5) is 0. The first kappa shape index (κ1) is 6.81. The second kappa shape index (κ2) is 3.67. The van der Waals surface area contributed by atoms with E-state index in [1.807, 2.05) is 0 Å². The molecule has 2 N–H and O–H groups in total. The molecule has 0 fully saturated rings. The Morgan fingerprint density at radius 3 is 3.00 bits per heavy atom. The van der Waals surface area contributed by atoms with Crippen LogP contribution in [0.25, 0.3) is 0 Å². The minimum Gasteiger partial charge on any atom is -0.330 e. The molecule has 1 aliphatic carbocycles. The highest BCUT2D eigenvalue weighted by molar-refractivity contribution is 4.92. The van der Waals surface area contributed by atoms with Crippen molar-refractivity contribution in [2.24, 2.45) is 11.7 Å². The molecule has 1 heteroatoms. The lowest BCUT2D eigenvalue weighted by atomic mass is 9.93. The van der Waals surface area contributed by atoms with E-state index >= 15 is 0 Å². The Labute approximate surface area is 56.9 Å². The number of hydrogen-bond acceptors (Lipinski definition) is 1. The van der Waals surface area contributed by atoms with Crippen molar-refractivity contribution in [3.05, 3.63) is 12.2 Å². The second-order valence-corrected chi connectivity index (χ2v) is 2.70. The lowest BCUT2D eigenvalue weighted by Crippen LogP contribution is -2.08. The van der Waals surface area contributed by atoms with Gasteiger partial charge in [0, 0.05) is 0 Å². The number of hydrogen-bond donors (Lipinski definition) is 1. The molecule has 9 heavy (non-hydrogen) atoms. The van der Waals surface area contributed by atoms with Gasteiger partial charge in [-0.3, -0.25) is 0 Å². The molecule has 0 bridgehead atoms. The van der Waals surface area contributed by atoms with Crippen molar-refractivity contribution < 1.29 is 0 Å².